The summed E-state index contributed by atoms with van der Waals surface area (Å²) in [5.74, 6) is -7.00. The lowest BCUT2D eigenvalue weighted by molar-refractivity contribution is -0.144. The van der Waals surface area contributed by atoms with Crippen molar-refractivity contribution in [3.63, 3.8) is 0 Å². The van der Waals surface area contributed by atoms with Crippen LogP contribution in [0.15, 0.2) is 30.5 Å². The summed E-state index contributed by atoms with van der Waals surface area (Å²) in [4.78, 5) is 75.8. The number of carboxylic acids is 3. The summed E-state index contributed by atoms with van der Waals surface area (Å²) in [6.07, 6.45) is 0.0665. The summed E-state index contributed by atoms with van der Waals surface area (Å²) in [7, 11) is 0. The van der Waals surface area contributed by atoms with Crippen molar-refractivity contribution in [2.45, 2.75) is 70.1 Å². The molecule has 0 fully saturated rings. The maximum absolute atomic E-state index is 13.0. The second-order valence-corrected chi connectivity index (χ2v) is 9.85. The predicted molar refractivity (Wildman–Crippen MR) is 142 cm³/mol. The van der Waals surface area contributed by atoms with Crippen LogP contribution in [0.4, 0.5) is 0 Å². The number of nitrogens with two attached hydrogens (primary N) is 1. The molecule has 0 radical (unpaired) electrons. The van der Waals surface area contributed by atoms with Gasteiger partial charge in [0.05, 0.1) is 12.5 Å². The molecule has 1 aromatic heterocycles. The van der Waals surface area contributed by atoms with E-state index in [-0.39, 0.29) is 25.2 Å². The Bertz CT molecular complexity index is 1240. The second-order valence-electron chi connectivity index (χ2n) is 9.85. The molecule has 14 nitrogen and oxygen atoms in total. The fourth-order valence-corrected chi connectivity index (χ4v) is 4.07. The van der Waals surface area contributed by atoms with E-state index in [1.54, 1.807) is 20.0 Å². The third-order valence-corrected chi connectivity index (χ3v) is 6.06. The van der Waals surface area contributed by atoms with Gasteiger partial charge in [0, 0.05) is 23.5 Å². The number of fused-ring (bicyclic) bond motifs is 1. The maximum Gasteiger partial charge on any atom is 0.326 e. The SMILES string of the molecule is CC(C)CC(NC(=O)C(CC(=O)O)NC(=O)C(CCC(=O)O)NC(=O)C(N)Cc1c[nH]c2ccccc12)C(=O)O. The first kappa shape index (κ1) is 31.8. The number of hydrogen-bond donors (Lipinski definition) is 8. The highest BCUT2D eigenvalue weighted by Crippen LogP contribution is 2.19. The van der Waals surface area contributed by atoms with Gasteiger partial charge >= 0.3 is 17.9 Å². The third-order valence-electron chi connectivity index (χ3n) is 6.06. The van der Waals surface area contributed by atoms with Crippen molar-refractivity contribution in [1.82, 2.24) is 20.9 Å². The van der Waals surface area contributed by atoms with Crippen LogP contribution in [0.1, 0.15) is 45.1 Å². The first-order valence-corrected chi connectivity index (χ1v) is 12.7. The summed E-state index contributed by atoms with van der Waals surface area (Å²) in [5.41, 5.74) is 7.66. The average molecular weight is 562 g/mol. The topological polar surface area (TPSA) is 241 Å². The molecule has 218 valence electrons. The number of H-pyrrole nitrogens is 1. The molecular formula is C26H35N5O9. The molecule has 9 N–H and O–H groups in total. The van der Waals surface area contributed by atoms with Gasteiger partial charge in [0.1, 0.15) is 18.1 Å². The van der Waals surface area contributed by atoms with Crippen LogP contribution in [0.25, 0.3) is 10.9 Å². The number of aromatic amines is 1. The van der Waals surface area contributed by atoms with E-state index in [4.69, 9.17) is 10.8 Å². The number of carboxylic acid groups (broad SMARTS) is 3. The Morgan fingerprint density at radius 3 is 2.05 bits per heavy atom. The number of carbonyl (C=O) groups excluding carboxylic acids is 3. The Labute approximate surface area is 229 Å². The van der Waals surface area contributed by atoms with Crippen molar-refractivity contribution < 1.29 is 44.1 Å². The van der Waals surface area contributed by atoms with Crippen LogP contribution in [0, 0.1) is 5.92 Å². The fraction of sp³-hybridized carbons (Fsp3) is 0.462. The number of benzene rings is 1. The normalized spacial score (nSPS) is 14.1. The summed E-state index contributed by atoms with van der Waals surface area (Å²) in [6, 6.07) is 1.75. The van der Waals surface area contributed by atoms with E-state index in [1.165, 1.54) is 0 Å². The van der Waals surface area contributed by atoms with E-state index in [1.807, 2.05) is 24.3 Å². The van der Waals surface area contributed by atoms with Crippen molar-refractivity contribution in [3.8, 4) is 0 Å². The van der Waals surface area contributed by atoms with Crippen molar-refractivity contribution in [1.29, 1.82) is 0 Å². The van der Waals surface area contributed by atoms with Gasteiger partial charge in [-0.05, 0) is 36.8 Å². The average Bonchev–Trinajstić information content (AvgIpc) is 3.27. The molecule has 3 amide bonds. The Hall–Kier alpha value is -4.46. The van der Waals surface area contributed by atoms with E-state index >= 15 is 0 Å². The minimum absolute atomic E-state index is 0.0560. The Morgan fingerprint density at radius 2 is 1.45 bits per heavy atom. The number of carbonyl (C=O) groups is 6. The molecule has 0 aliphatic carbocycles. The van der Waals surface area contributed by atoms with Gasteiger partial charge < -0.3 is 42.0 Å². The first-order valence-electron chi connectivity index (χ1n) is 12.7. The van der Waals surface area contributed by atoms with Crippen molar-refractivity contribution in [2.75, 3.05) is 0 Å². The molecule has 2 rings (SSSR count). The van der Waals surface area contributed by atoms with Crippen molar-refractivity contribution in [2.24, 2.45) is 11.7 Å². The number of aromatic nitrogens is 1. The smallest absolute Gasteiger partial charge is 0.326 e. The van der Waals surface area contributed by atoms with Gasteiger partial charge in [-0.1, -0.05) is 32.0 Å². The zero-order valence-electron chi connectivity index (χ0n) is 22.2. The van der Waals surface area contributed by atoms with Gasteiger partial charge in [-0.25, -0.2) is 4.79 Å². The summed E-state index contributed by atoms with van der Waals surface area (Å²) < 4.78 is 0. The van der Waals surface area contributed by atoms with Crippen LogP contribution in [0.2, 0.25) is 0 Å². The fourth-order valence-electron chi connectivity index (χ4n) is 4.07. The van der Waals surface area contributed by atoms with Crippen molar-refractivity contribution >= 4 is 46.5 Å². The van der Waals surface area contributed by atoms with Gasteiger partial charge in [0.2, 0.25) is 17.7 Å². The molecule has 2 aromatic rings. The zero-order valence-corrected chi connectivity index (χ0v) is 22.2. The van der Waals surface area contributed by atoms with E-state index in [0.29, 0.717) is 0 Å². The lowest BCUT2D eigenvalue weighted by Crippen LogP contribution is -2.57. The van der Waals surface area contributed by atoms with Gasteiger partial charge in [-0.3, -0.25) is 24.0 Å². The first-order chi connectivity index (χ1) is 18.8. The van der Waals surface area contributed by atoms with Crippen LogP contribution in [0.5, 0.6) is 0 Å². The van der Waals surface area contributed by atoms with Gasteiger partial charge in [0.25, 0.3) is 0 Å². The van der Waals surface area contributed by atoms with Crippen molar-refractivity contribution in [3.05, 3.63) is 36.0 Å². The molecule has 0 spiro atoms. The molecule has 1 aromatic carbocycles. The number of aliphatic carboxylic acids is 3. The van der Waals surface area contributed by atoms with E-state index in [2.05, 4.69) is 20.9 Å². The molecule has 1 heterocycles. The minimum atomic E-state index is -1.69. The van der Waals surface area contributed by atoms with Gasteiger partial charge in [-0.15, -0.1) is 0 Å². The second kappa shape index (κ2) is 14.6. The molecule has 0 bridgehead atoms. The molecule has 40 heavy (non-hydrogen) atoms. The van der Waals surface area contributed by atoms with E-state index < -0.39 is 72.6 Å². The summed E-state index contributed by atoms with van der Waals surface area (Å²) in [6.45, 7) is 3.47. The van der Waals surface area contributed by atoms with Crippen LogP contribution in [-0.4, -0.2) is 80.1 Å². The zero-order chi connectivity index (χ0) is 30.0. The number of nitrogens with one attached hydrogen (secondary N) is 4. The molecule has 0 aliphatic rings. The van der Waals surface area contributed by atoms with E-state index in [9.17, 15) is 39.0 Å². The van der Waals surface area contributed by atoms with Crippen LogP contribution in [-0.2, 0) is 35.2 Å². The number of rotatable bonds is 16. The van der Waals surface area contributed by atoms with Crippen LogP contribution >= 0.6 is 0 Å². The maximum atomic E-state index is 13.0. The Balaban J connectivity index is 2.16. The Kier molecular flexibility index (Phi) is 11.6. The molecule has 0 saturated carbocycles. The quantitative estimate of drug-likeness (QED) is 0.136. The predicted octanol–water partition coefficient (Wildman–Crippen LogP) is -0.0377. The molecule has 4 atom stereocenters. The number of para-hydroxylation sites is 1. The molecule has 0 saturated heterocycles. The highest BCUT2D eigenvalue weighted by atomic mass is 16.4. The molecular weight excluding hydrogens is 526 g/mol. The summed E-state index contributed by atoms with van der Waals surface area (Å²) >= 11 is 0. The van der Waals surface area contributed by atoms with E-state index in [0.717, 1.165) is 16.5 Å². The highest BCUT2D eigenvalue weighted by molar-refractivity contribution is 5.96. The number of hydrogen-bond acceptors (Lipinski definition) is 7. The largest absolute Gasteiger partial charge is 0.481 e. The monoisotopic (exact) mass is 561 g/mol. The minimum Gasteiger partial charge on any atom is -0.481 e. The molecule has 14 heteroatoms. The van der Waals surface area contributed by atoms with Gasteiger partial charge in [-0.2, -0.15) is 0 Å². The Morgan fingerprint density at radius 1 is 0.850 bits per heavy atom. The standard InChI is InChI=1S/C26H35N5O9/c1-13(2)9-20(26(39)40)31-25(38)19(11-22(34)35)30-24(37)18(7-8-21(32)33)29-23(36)16(27)10-14-12-28-17-6-4-3-5-15(14)17/h3-6,12-13,16,18-20,28H,7-11,27H2,1-2H3,(H,29,36)(H,30,37)(H,31,38)(H,32,33)(H,34,35)(H,39,40). The number of amides is 3. The molecule has 4 unspecified atom stereocenters. The summed E-state index contributed by atoms with van der Waals surface area (Å²) in [5, 5.41) is 35.4. The highest BCUT2D eigenvalue weighted by Gasteiger charge is 2.32. The van der Waals surface area contributed by atoms with Gasteiger partial charge in [0.15, 0.2) is 0 Å². The lowest BCUT2D eigenvalue weighted by Gasteiger charge is -2.24. The molecule has 0 aliphatic heterocycles. The lowest BCUT2D eigenvalue weighted by atomic mass is 10.0. The third kappa shape index (κ3) is 9.69. The van der Waals surface area contributed by atoms with Crippen LogP contribution < -0.4 is 21.7 Å². The van der Waals surface area contributed by atoms with Crippen LogP contribution in [0.3, 0.4) is 0 Å².